The van der Waals surface area contributed by atoms with Gasteiger partial charge in [0, 0.05) is 24.0 Å². The lowest BCUT2D eigenvalue weighted by molar-refractivity contribution is -0.159. The number of aliphatic hydroxyl groups excluding tert-OH is 2. The number of nitrogens with two attached hydrogens (primary N) is 1. The fourth-order valence-electron chi connectivity index (χ4n) is 7.32. The average Bonchev–Trinajstić information content (AvgIpc) is 3.00. The highest BCUT2D eigenvalue weighted by molar-refractivity contribution is 7.83. The number of ketones is 2. The first-order chi connectivity index (χ1) is 22.8. The molecule has 1 fully saturated rings. The number of unbranched alkanes of at least 4 members (excludes halogenated alkanes) is 9. The smallest absolute Gasteiger partial charge is 0.333 e. The van der Waals surface area contributed by atoms with Gasteiger partial charge in [-0.3, -0.25) is 23.8 Å². The molecule has 9 N–H and O–H groups in total. The first kappa shape index (κ1) is 40.1. The third kappa shape index (κ3) is 8.35. The molecule has 1 aromatic rings. The van der Waals surface area contributed by atoms with Crippen molar-refractivity contribution in [3.05, 3.63) is 46.2 Å². The molecule has 49 heavy (non-hydrogen) atoms. The highest BCUT2D eigenvalue weighted by atomic mass is 32.2. The lowest BCUT2D eigenvalue weighted by Gasteiger charge is -2.53. The molecule has 1 saturated carbocycles. The van der Waals surface area contributed by atoms with Crippen molar-refractivity contribution in [3.63, 3.8) is 0 Å². The minimum Gasteiger partial charge on any atom is -0.508 e. The number of phenols is 1. The quantitative estimate of drug-likeness (QED) is 0.0789. The van der Waals surface area contributed by atoms with E-state index in [0.29, 0.717) is 6.54 Å². The number of hydrogen-bond donors (Lipinski definition) is 8. The number of benzene rings is 1. The standard InChI is InChI=1S/C22H24N2O8.C12H27NO3S/c1-21(31)8-5-4-6-11(25)12(8)16(26)13-9(21)7-10-15(24(2)3)17(27)14(20(23)30)19(29)22(10,32)18(13)28;1-2-3-4-5-6-7-8-9-10-11-12-13-17(14,15)16/h4-6,9-10,15,25-26,29,31-32H,7H2,1-3H3,(H2,23,30);13H,2-12H2,1H3,(H,14,15,16). The number of carbonyl (C=O) groups excluding carboxylic acids is 3. The van der Waals surface area contributed by atoms with Gasteiger partial charge in [-0.15, -0.1) is 0 Å². The van der Waals surface area contributed by atoms with Crippen molar-refractivity contribution in [1.82, 2.24) is 9.62 Å². The van der Waals surface area contributed by atoms with Gasteiger partial charge in [-0.1, -0.05) is 76.8 Å². The van der Waals surface area contributed by atoms with E-state index < -0.39 is 85.3 Å². The van der Waals surface area contributed by atoms with Crippen LogP contribution in [0.15, 0.2) is 35.1 Å². The summed E-state index contributed by atoms with van der Waals surface area (Å²) >= 11 is 0. The van der Waals surface area contributed by atoms with Crippen molar-refractivity contribution in [2.45, 2.75) is 102 Å². The average molecular weight is 710 g/mol. The van der Waals surface area contributed by atoms with Gasteiger partial charge in [0.25, 0.3) is 5.91 Å². The van der Waals surface area contributed by atoms with Crippen LogP contribution in [0.5, 0.6) is 5.75 Å². The van der Waals surface area contributed by atoms with Crippen molar-refractivity contribution in [3.8, 4) is 5.75 Å². The molecule has 0 spiro atoms. The van der Waals surface area contributed by atoms with Crippen molar-refractivity contribution in [1.29, 1.82) is 0 Å². The van der Waals surface area contributed by atoms with E-state index in [4.69, 9.17) is 10.3 Å². The first-order valence-electron chi connectivity index (χ1n) is 16.8. The van der Waals surface area contributed by atoms with Gasteiger partial charge in [-0.05, 0) is 45.5 Å². The predicted molar refractivity (Wildman–Crippen MR) is 182 cm³/mol. The van der Waals surface area contributed by atoms with Crippen LogP contribution in [0.4, 0.5) is 0 Å². The molecular formula is C34H51N3O11S. The number of amides is 1. The van der Waals surface area contributed by atoms with Crippen LogP contribution in [0.1, 0.15) is 95.6 Å². The molecule has 0 saturated heterocycles. The van der Waals surface area contributed by atoms with Gasteiger partial charge in [0.1, 0.15) is 22.8 Å². The number of nitrogens with zero attached hydrogens (tertiary/aromatic N) is 1. The fourth-order valence-corrected chi connectivity index (χ4v) is 7.72. The predicted octanol–water partition coefficient (Wildman–Crippen LogP) is 2.93. The molecule has 5 unspecified atom stereocenters. The molecular weight excluding hydrogens is 658 g/mol. The molecule has 15 heteroatoms. The molecule has 4 rings (SSSR count). The van der Waals surface area contributed by atoms with E-state index in [0.717, 1.165) is 19.3 Å². The van der Waals surface area contributed by atoms with E-state index in [-0.39, 0.29) is 17.5 Å². The Morgan fingerprint density at radius 2 is 1.53 bits per heavy atom. The van der Waals surface area contributed by atoms with Gasteiger partial charge in [0.05, 0.1) is 17.2 Å². The number of aliphatic hydroxyl groups is 4. The Morgan fingerprint density at radius 1 is 0.980 bits per heavy atom. The zero-order chi connectivity index (χ0) is 36.9. The van der Waals surface area contributed by atoms with Crippen LogP contribution in [0, 0.1) is 11.8 Å². The van der Waals surface area contributed by atoms with E-state index in [2.05, 4.69) is 11.6 Å². The minimum absolute atomic E-state index is 0.170. The number of fused-ring (bicyclic) bond motifs is 3. The lowest BCUT2D eigenvalue weighted by Crippen LogP contribution is -2.67. The number of hydrogen-bond acceptors (Lipinski definition) is 11. The Labute approximate surface area is 287 Å². The summed E-state index contributed by atoms with van der Waals surface area (Å²) in [5.41, 5.74) is -0.548. The SMILES string of the molecule is CCCCCCCCCCCCNS(=O)(=O)O.CN(C)C1C(=O)C(C(N)=O)=C(O)C2(O)C(=O)C3=C(O)c4c(O)cccc4C(C)(O)C3CC12. The zero-order valence-corrected chi connectivity index (χ0v) is 29.4. The van der Waals surface area contributed by atoms with Crippen LogP contribution in [0.3, 0.4) is 0 Å². The second-order valence-electron chi connectivity index (χ2n) is 13.5. The third-order valence-electron chi connectivity index (χ3n) is 9.84. The van der Waals surface area contributed by atoms with Crippen LogP contribution in [-0.4, -0.2) is 93.2 Å². The van der Waals surface area contributed by atoms with Gasteiger partial charge in [-0.25, -0.2) is 0 Å². The number of Topliss-reactive ketones (excluding diaryl/α,β-unsaturated/α-hetero) is 2. The normalized spacial score (nSPS) is 26.6. The van der Waals surface area contributed by atoms with Gasteiger partial charge in [-0.2, -0.15) is 13.1 Å². The van der Waals surface area contributed by atoms with Crippen molar-refractivity contribution in [2.24, 2.45) is 17.6 Å². The van der Waals surface area contributed by atoms with Crippen LogP contribution >= 0.6 is 0 Å². The molecule has 14 nitrogen and oxygen atoms in total. The zero-order valence-electron chi connectivity index (χ0n) is 28.6. The molecule has 1 aromatic carbocycles. The number of nitrogens with one attached hydrogen (secondary N) is 1. The van der Waals surface area contributed by atoms with E-state index in [1.807, 2.05) is 0 Å². The van der Waals surface area contributed by atoms with Gasteiger partial charge >= 0.3 is 10.3 Å². The summed E-state index contributed by atoms with van der Waals surface area (Å²) in [5, 5.41) is 54.9. The van der Waals surface area contributed by atoms with Gasteiger partial charge in [0.2, 0.25) is 5.78 Å². The monoisotopic (exact) mass is 709 g/mol. The molecule has 0 aromatic heterocycles. The second kappa shape index (κ2) is 16.1. The molecule has 0 aliphatic heterocycles. The Kier molecular flexibility index (Phi) is 13.2. The van der Waals surface area contributed by atoms with Crippen LogP contribution in [0.2, 0.25) is 0 Å². The maximum atomic E-state index is 13.7. The minimum atomic E-state index is -3.98. The van der Waals surface area contributed by atoms with Crippen molar-refractivity contribution in [2.75, 3.05) is 20.6 Å². The lowest BCUT2D eigenvalue weighted by atomic mass is 9.54. The Morgan fingerprint density at radius 3 is 2.04 bits per heavy atom. The fraction of sp³-hybridized carbons (Fsp3) is 0.618. The molecule has 0 heterocycles. The Balaban J connectivity index is 0.000000326. The largest absolute Gasteiger partial charge is 0.508 e. The number of primary amides is 1. The topological polar surface area (TPSA) is 248 Å². The second-order valence-corrected chi connectivity index (χ2v) is 14.8. The van der Waals surface area contributed by atoms with E-state index >= 15 is 0 Å². The maximum Gasteiger partial charge on any atom is 0.333 e. The van der Waals surface area contributed by atoms with E-state index in [1.54, 1.807) is 0 Å². The summed E-state index contributed by atoms with van der Waals surface area (Å²) in [7, 11) is -0.977. The van der Waals surface area contributed by atoms with Crippen LogP contribution < -0.4 is 10.5 Å². The molecule has 0 bridgehead atoms. The summed E-state index contributed by atoms with van der Waals surface area (Å²) in [6.07, 6.45) is 12.0. The van der Waals surface area contributed by atoms with Crippen molar-refractivity contribution < 1.29 is 52.9 Å². The molecule has 1 amide bonds. The van der Waals surface area contributed by atoms with Crippen LogP contribution in [-0.2, 0) is 30.3 Å². The molecule has 0 radical (unpaired) electrons. The summed E-state index contributed by atoms with van der Waals surface area (Å²) < 4.78 is 31.2. The summed E-state index contributed by atoms with van der Waals surface area (Å²) in [4.78, 5) is 40.0. The van der Waals surface area contributed by atoms with Crippen molar-refractivity contribution >= 4 is 33.5 Å². The first-order valence-corrected chi connectivity index (χ1v) is 18.2. The highest BCUT2D eigenvalue weighted by Gasteiger charge is 2.66. The van der Waals surface area contributed by atoms with Crippen LogP contribution in [0.25, 0.3) is 5.76 Å². The Hall–Kier alpha value is -3.34. The Bertz CT molecular complexity index is 1580. The van der Waals surface area contributed by atoms with Gasteiger partial charge < -0.3 is 31.3 Å². The van der Waals surface area contributed by atoms with Gasteiger partial charge in [0.15, 0.2) is 11.4 Å². The summed E-state index contributed by atoms with van der Waals surface area (Å²) in [6.45, 7) is 3.97. The summed E-state index contributed by atoms with van der Waals surface area (Å²) in [5.74, 6) is -7.90. The number of carbonyl (C=O) groups is 3. The van der Waals surface area contributed by atoms with E-state index in [1.165, 1.54) is 89.1 Å². The number of likely N-dealkylation sites (N-methyl/N-ethyl adjacent to an activating group) is 1. The number of aromatic hydroxyl groups is 1. The summed E-state index contributed by atoms with van der Waals surface area (Å²) in [6, 6.07) is 3.02. The number of rotatable bonds is 14. The third-order valence-corrected chi connectivity index (χ3v) is 10.4. The molecule has 3 aliphatic carbocycles. The molecule has 274 valence electrons. The molecule has 5 atom stereocenters. The highest BCUT2D eigenvalue weighted by Crippen LogP contribution is 2.57. The number of phenolic OH excluding ortho intramolecular Hbond substituents is 1. The maximum absolute atomic E-state index is 13.7. The molecule has 3 aliphatic rings. The van der Waals surface area contributed by atoms with E-state index in [9.17, 15) is 48.3 Å².